The molecule has 0 atom stereocenters. The van der Waals surface area contributed by atoms with Gasteiger partial charge in [-0.05, 0) is 25.1 Å². The van der Waals surface area contributed by atoms with E-state index in [9.17, 15) is 13.2 Å². The Labute approximate surface area is 142 Å². The predicted octanol–water partition coefficient (Wildman–Crippen LogP) is 1.62. The number of carboxylic acids is 1. The fourth-order valence-corrected chi connectivity index (χ4v) is 2.31. The molecule has 2 aromatic heterocycles. The molecule has 25 heavy (non-hydrogen) atoms. The van der Waals surface area contributed by atoms with E-state index < -0.39 is 12.1 Å². The van der Waals surface area contributed by atoms with Crippen LogP contribution in [0.3, 0.4) is 0 Å². The van der Waals surface area contributed by atoms with E-state index in [0.29, 0.717) is 0 Å². The van der Waals surface area contributed by atoms with Gasteiger partial charge >= 0.3 is 12.1 Å². The van der Waals surface area contributed by atoms with E-state index in [2.05, 4.69) is 33.3 Å². The summed E-state index contributed by atoms with van der Waals surface area (Å²) in [5, 5.41) is 14.7. The van der Waals surface area contributed by atoms with Gasteiger partial charge in [-0.1, -0.05) is 0 Å². The Balaban J connectivity index is 0.000000277. The lowest BCUT2D eigenvalue weighted by molar-refractivity contribution is -0.192. The van der Waals surface area contributed by atoms with Crippen LogP contribution in [-0.2, 0) is 4.79 Å². The van der Waals surface area contributed by atoms with Gasteiger partial charge in [0.05, 0.1) is 11.4 Å². The van der Waals surface area contributed by atoms with Crippen molar-refractivity contribution in [2.45, 2.75) is 13.1 Å². The third kappa shape index (κ3) is 5.18. The van der Waals surface area contributed by atoms with Crippen molar-refractivity contribution in [1.29, 1.82) is 0 Å². The van der Waals surface area contributed by atoms with Crippen LogP contribution in [0.4, 0.5) is 18.9 Å². The molecule has 0 amide bonds. The fraction of sp³-hybridized carbons (Fsp3) is 0.400. The highest BCUT2D eigenvalue weighted by Crippen LogP contribution is 2.20. The number of hydrogen-bond donors (Lipinski definition) is 2. The predicted molar refractivity (Wildman–Crippen MR) is 84.9 cm³/mol. The number of pyridine rings is 1. The number of halogens is 3. The lowest BCUT2D eigenvalue weighted by Crippen LogP contribution is -2.43. The summed E-state index contributed by atoms with van der Waals surface area (Å²) in [5.74, 6) is -1.89. The van der Waals surface area contributed by atoms with Gasteiger partial charge in [-0.25, -0.2) is 14.5 Å². The summed E-state index contributed by atoms with van der Waals surface area (Å²) in [6, 6.07) is 6.07. The van der Waals surface area contributed by atoms with Crippen LogP contribution in [0.2, 0.25) is 0 Å². The van der Waals surface area contributed by atoms with Gasteiger partial charge in [0.15, 0.2) is 5.82 Å². The Morgan fingerprint density at radius 2 is 1.92 bits per heavy atom. The number of piperazine rings is 1. The first-order valence-electron chi connectivity index (χ1n) is 7.52. The van der Waals surface area contributed by atoms with Gasteiger partial charge in [0, 0.05) is 38.6 Å². The lowest BCUT2D eigenvalue weighted by Gasteiger charge is -2.30. The number of aryl methyl sites for hydroxylation is 1. The molecule has 1 aliphatic rings. The summed E-state index contributed by atoms with van der Waals surface area (Å²) in [5.41, 5.74) is 2.29. The van der Waals surface area contributed by atoms with Crippen molar-refractivity contribution in [1.82, 2.24) is 20.1 Å². The van der Waals surface area contributed by atoms with E-state index >= 15 is 0 Å². The number of aliphatic carboxylic acids is 1. The summed E-state index contributed by atoms with van der Waals surface area (Å²) in [4.78, 5) is 15.9. The Kier molecular flexibility index (Phi) is 5.97. The molecule has 10 heteroatoms. The molecule has 136 valence electrons. The molecule has 0 saturated carbocycles. The first-order valence-corrected chi connectivity index (χ1v) is 7.52. The van der Waals surface area contributed by atoms with Gasteiger partial charge in [0.1, 0.15) is 0 Å². The van der Waals surface area contributed by atoms with E-state index in [0.717, 1.165) is 37.7 Å². The standard InChI is InChI=1S/C13H17N5.C2HF3O2/c1-11-12(17-9-6-14-7-10-17)3-4-13(16-11)18-8-2-5-15-18;3-2(4,5)1(6)7/h2-5,8,14H,6-7,9-10H2,1H3;(H,6,7). The number of nitrogens with one attached hydrogen (secondary N) is 1. The SMILES string of the molecule is Cc1nc(-n2cccn2)ccc1N1CCNCC1.O=C(O)C(F)(F)F. The molecule has 1 fully saturated rings. The van der Waals surface area contributed by atoms with Crippen LogP contribution in [0.1, 0.15) is 5.69 Å². The molecule has 0 spiro atoms. The molecule has 3 heterocycles. The van der Waals surface area contributed by atoms with Crippen LogP contribution < -0.4 is 10.2 Å². The molecular weight excluding hydrogens is 339 g/mol. The van der Waals surface area contributed by atoms with Crippen molar-refractivity contribution in [2.24, 2.45) is 0 Å². The van der Waals surface area contributed by atoms with Crippen molar-refractivity contribution in [3.63, 3.8) is 0 Å². The second-order valence-corrected chi connectivity index (χ2v) is 5.26. The number of alkyl halides is 3. The molecule has 0 radical (unpaired) electrons. The van der Waals surface area contributed by atoms with Crippen molar-refractivity contribution in [2.75, 3.05) is 31.1 Å². The highest BCUT2D eigenvalue weighted by molar-refractivity contribution is 5.73. The van der Waals surface area contributed by atoms with Crippen LogP contribution in [0, 0.1) is 6.92 Å². The van der Waals surface area contributed by atoms with Crippen molar-refractivity contribution >= 4 is 11.7 Å². The summed E-state index contributed by atoms with van der Waals surface area (Å²) >= 11 is 0. The van der Waals surface area contributed by atoms with E-state index in [1.165, 1.54) is 5.69 Å². The van der Waals surface area contributed by atoms with Gasteiger partial charge in [0.25, 0.3) is 0 Å². The zero-order valence-corrected chi connectivity index (χ0v) is 13.5. The smallest absolute Gasteiger partial charge is 0.475 e. The van der Waals surface area contributed by atoms with Gasteiger partial charge in [0.2, 0.25) is 0 Å². The van der Waals surface area contributed by atoms with Gasteiger partial charge in [-0.2, -0.15) is 18.3 Å². The maximum atomic E-state index is 10.6. The topological polar surface area (TPSA) is 83.3 Å². The van der Waals surface area contributed by atoms with Gasteiger partial charge in [-0.3, -0.25) is 0 Å². The quantitative estimate of drug-likeness (QED) is 0.850. The third-order valence-corrected chi connectivity index (χ3v) is 3.48. The highest BCUT2D eigenvalue weighted by atomic mass is 19.4. The molecule has 0 aromatic carbocycles. The van der Waals surface area contributed by atoms with Crippen LogP contribution in [0.25, 0.3) is 5.82 Å². The Morgan fingerprint density at radius 3 is 2.40 bits per heavy atom. The zero-order chi connectivity index (χ0) is 18.4. The number of carbonyl (C=O) groups is 1. The first kappa shape index (κ1) is 18.7. The normalized spacial score (nSPS) is 14.6. The maximum Gasteiger partial charge on any atom is 0.490 e. The third-order valence-electron chi connectivity index (χ3n) is 3.48. The van der Waals surface area contributed by atoms with E-state index in [1.54, 1.807) is 10.9 Å². The molecule has 1 saturated heterocycles. The minimum atomic E-state index is -5.08. The fourth-order valence-electron chi connectivity index (χ4n) is 2.31. The summed E-state index contributed by atoms with van der Waals surface area (Å²) in [6.45, 7) is 6.23. The number of aromatic nitrogens is 3. The summed E-state index contributed by atoms with van der Waals surface area (Å²) in [7, 11) is 0. The zero-order valence-electron chi connectivity index (χ0n) is 13.5. The molecule has 3 rings (SSSR count). The number of carboxylic acid groups (broad SMARTS) is 1. The van der Waals surface area contributed by atoms with Gasteiger partial charge in [-0.15, -0.1) is 0 Å². The van der Waals surface area contributed by atoms with Gasteiger partial charge < -0.3 is 15.3 Å². The highest BCUT2D eigenvalue weighted by Gasteiger charge is 2.38. The summed E-state index contributed by atoms with van der Waals surface area (Å²) < 4.78 is 33.5. The van der Waals surface area contributed by atoms with Crippen molar-refractivity contribution in [3.05, 3.63) is 36.3 Å². The van der Waals surface area contributed by atoms with Crippen LogP contribution in [0.15, 0.2) is 30.6 Å². The second kappa shape index (κ2) is 7.97. The van der Waals surface area contributed by atoms with Crippen LogP contribution in [0.5, 0.6) is 0 Å². The molecule has 2 aromatic rings. The minimum absolute atomic E-state index is 0.872. The first-order chi connectivity index (χ1) is 11.8. The van der Waals surface area contributed by atoms with Crippen LogP contribution in [-0.4, -0.2) is 58.2 Å². The number of rotatable bonds is 2. The molecule has 0 aliphatic carbocycles. The van der Waals surface area contributed by atoms with E-state index in [4.69, 9.17) is 9.90 Å². The molecule has 2 N–H and O–H groups in total. The largest absolute Gasteiger partial charge is 0.490 e. The minimum Gasteiger partial charge on any atom is -0.475 e. The Bertz CT molecular complexity index is 698. The lowest BCUT2D eigenvalue weighted by atomic mass is 10.2. The van der Waals surface area contributed by atoms with E-state index in [-0.39, 0.29) is 0 Å². The van der Waals surface area contributed by atoms with E-state index in [1.807, 2.05) is 18.3 Å². The second-order valence-electron chi connectivity index (χ2n) is 5.26. The Hall–Kier alpha value is -2.62. The monoisotopic (exact) mass is 357 g/mol. The number of anilines is 1. The molecule has 1 aliphatic heterocycles. The average molecular weight is 357 g/mol. The number of nitrogens with zero attached hydrogens (tertiary/aromatic N) is 4. The maximum absolute atomic E-state index is 10.6. The molecule has 0 bridgehead atoms. The summed E-state index contributed by atoms with van der Waals surface area (Å²) in [6.07, 6.45) is -1.41. The average Bonchev–Trinajstić information content (AvgIpc) is 3.10. The molecule has 7 nitrogen and oxygen atoms in total. The Morgan fingerprint density at radius 1 is 1.28 bits per heavy atom. The van der Waals surface area contributed by atoms with Crippen molar-refractivity contribution in [3.8, 4) is 5.82 Å². The van der Waals surface area contributed by atoms with Crippen LogP contribution >= 0.6 is 0 Å². The molecular formula is C15H18F3N5O2. The van der Waals surface area contributed by atoms with Crippen molar-refractivity contribution < 1.29 is 23.1 Å². The number of hydrogen-bond acceptors (Lipinski definition) is 5. The molecule has 0 unspecified atom stereocenters.